The highest BCUT2D eigenvalue weighted by molar-refractivity contribution is 7.99. The summed E-state index contributed by atoms with van der Waals surface area (Å²) in [5.74, 6) is -1.24. The first-order chi connectivity index (χ1) is 19.2. The van der Waals surface area contributed by atoms with E-state index in [-0.39, 0.29) is 26.8 Å². The SMILES string of the molecule is COC(=O)c1sc(NC(=O)CSc2nc3sc4c(c3c(=O)n2-c2ccccc2)CCC(C)C4)c(C(=O)OC)c1C. The molecule has 5 rings (SSSR count). The molecule has 12 heteroatoms. The fourth-order valence-electron chi connectivity index (χ4n) is 4.80. The third-order valence-corrected chi connectivity index (χ3v) is 10.1. The zero-order valence-corrected chi connectivity index (χ0v) is 24.8. The van der Waals surface area contributed by atoms with Gasteiger partial charge in [0.1, 0.15) is 14.7 Å². The summed E-state index contributed by atoms with van der Waals surface area (Å²) in [5, 5.41) is 3.99. The second kappa shape index (κ2) is 11.6. The van der Waals surface area contributed by atoms with Crippen LogP contribution in [0.25, 0.3) is 15.9 Å². The second-order valence-electron chi connectivity index (χ2n) is 9.48. The molecule has 40 heavy (non-hydrogen) atoms. The van der Waals surface area contributed by atoms with Gasteiger partial charge in [0.25, 0.3) is 5.56 Å². The zero-order chi connectivity index (χ0) is 28.6. The summed E-state index contributed by atoms with van der Waals surface area (Å²) in [6, 6.07) is 9.25. The number of methoxy groups -OCH3 is 2. The summed E-state index contributed by atoms with van der Waals surface area (Å²) >= 11 is 3.63. The molecule has 1 aromatic carbocycles. The molecule has 0 radical (unpaired) electrons. The Morgan fingerprint density at radius 2 is 1.85 bits per heavy atom. The molecule has 0 bridgehead atoms. The van der Waals surface area contributed by atoms with E-state index < -0.39 is 17.8 Å². The van der Waals surface area contributed by atoms with Gasteiger partial charge in [-0.15, -0.1) is 22.7 Å². The first-order valence-electron chi connectivity index (χ1n) is 12.6. The number of amides is 1. The highest BCUT2D eigenvalue weighted by Crippen LogP contribution is 2.37. The molecule has 3 aromatic heterocycles. The normalized spacial score (nSPS) is 14.6. The molecule has 1 amide bonds. The summed E-state index contributed by atoms with van der Waals surface area (Å²) in [5.41, 5.74) is 2.09. The molecule has 1 aliphatic rings. The number of hydrogen-bond acceptors (Lipinski definition) is 10. The number of esters is 2. The maximum atomic E-state index is 13.9. The number of benzene rings is 1. The molecular formula is C28H27N3O6S3. The van der Waals surface area contributed by atoms with Gasteiger partial charge in [-0.2, -0.15) is 0 Å². The molecule has 4 aromatic rings. The Labute approximate surface area is 242 Å². The minimum atomic E-state index is -0.673. The van der Waals surface area contributed by atoms with Crippen LogP contribution in [0, 0.1) is 12.8 Å². The first kappa shape index (κ1) is 28.1. The van der Waals surface area contributed by atoms with Crippen molar-refractivity contribution >= 4 is 67.5 Å². The number of para-hydroxylation sites is 1. The van der Waals surface area contributed by atoms with E-state index in [4.69, 9.17) is 14.5 Å². The molecule has 3 heterocycles. The van der Waals surface area contributed by atoms with Crippen LogP contribution in [0.15, 0.2) is 40.3 Å². The number of nitrogens with zero attached hydrogens (tertiary/aromatic N) is 2. The maximum absolute atomic E-state index is 13.9. The highest BCUT2D eigenvalue weighted by Gasteiger charge is 2.28. The van der Waals surface area contributed by atoms with E-state index in [0.29, 0.717) is 32.5 Å². The third kappa shape index (κ3) is 5.18. The Morgan fingerprint density at radius 3 is 2.55 bits per heavy atom. The van der Waals surface area contributed by atoms with Gasteiger partial charge in [-0.05, 0) is 55.4 Å². The predicted octanol–water partition coefficient (Wildman–Crippen LogP) is 5.25. The van der Waals surface area contributed by atoms with Gasteiger partial charge in [0.15, 0.2) is 5.16 Å². The fourth-order valence-corrected chi connectivity index (χ4v) is 8.17. The van der Waals surface area contributed by atoms with Gasteiger partial charge in [0.2, 0.25) is 5.91 Å². The van der Waals surface area contributed by atoms with Crippen molar-refractivity contribution in [2.45, 2.75) is 38.3 Å². The summed E-state index contributed by atoms with van der Waals surface area (Å²) in [7, 11) is 2.47. The van der Waals surface area contributed by atoms with Gasteiger partial charge < -0.3 is 14.8 Å². The lowest BCUT2D eigenvalue weighted by atomic mass is 9.89. The van der Waals surface area contributed by atoms with Crippen LogP contribution in [0.3, 0.4) is 0 Å². The lowest BCUT2D eigenvalue weighted by molar-refractivity contribution is -0.113. The second-order valence-corrected chi connectivity index (χ2v) is 12.5. The maximum Gasteiger partial charge on any atom is 0.348 e. The topological polar surface area (TPSA) is 117 Å². The van der Waals surface area contributed by atoms with E-state index in [1.165, 1.54) is 19.1 Å². The number of aryl methyl sites for hydroxylation is 1. The number of rotatable bonds is 7. The molecule has 0 fully saturated rings. The van der Waals surface area contributed by atoms with Gasteiger partial charge in [0, 0.05) is 4.88 Å². The van der Waals surface area contributed by atoms with Crippen molar-refractivity contribution in [2.75, 3.05) is 25.3 Å². The van der Waals surface area contributed by atoms with Crippen LogP contribution in [0.1, 0.15) is 49.4 Å². The average molecular weight is 598 g/mol. The van der Waals surface area contributed by atoms with Crippen LogP contribution in [0.5, 0.6) is 0 Å². The van der Waals surface area contributed by atoms with Crippen molar-refractivity contribution in [3.63, 3.8) is 0 Å². The number of thioether (sulfide) groups is 1. The van der Waals surface area contributed by atoms with Crippen molar-refractivity contribution in [3.8, 4) is 5.69 Å². The van der Waals surface area contributed by atoms with E-state index in [1.807, 2.05) is 30.3 Å². The van der Waals surface area contributed by atoms with Crippen LogP contribution < -0.4 is 10.9 Å². The van der Waals surface area contributed by atoms with Gasteiger partial charge in [-0.3, -0.25) is 14.2 Å². The van der Waals surface area contributed by atoms with Crippen LogP contribution in [-0.2, 0) is 27.1 Å². The molecular weight excluding hydrogens is 571 g/mol. The number of nitrogens with one attached hydrogen (secondary N) is 1. The van der Waals surface area contributed by atoms with E-state index in [0.717, 1.165) is 47.9 Å². The molecule has 1 unspecified atom stereocenters. The molecule has 1 atom stereocenters. The molecule has 0 spiro atoms. The number of carbonyl (C=O) groups is 3. The van der Waals surface area contributed by atoms with Crippen molar-refractivity contribution in [1.82, 2.24) is 9.55 Å². The van der Waals surface area contributed by atoms with Crippen molar-refractivity contribution < 1.29 is 23.9 Å². The van der Waals surface area contributed by atoms with E-state index >= 15 is 0 Å². The molecule has 0 aliphatic heterocycles. The van der Waals surface area contributed by atoms with E-state index in [2.05, 4.69) is 12.2 Å². The van der Waals surface area contributed by atoms with Gasteiger partial charge in [-0.25, -0.2) is 14.6 Å². The Morgan fingerprint density at radius 1 is 1.12 bits per heavy atom. The minimum Gasteiger partial charge on any atom is -0.465 e. The molecule has 1 N–H and O–H groups in total. The first-order valence-corrected chi connectivity index (χ1v) is 15.2. The quantitative estimate of drug-likeness (QED) is 0.175. The number of ether oxygens (including phenoxy) is 2. The standard InChI is InChI=1S/C28H27N3O6S3/c1-14-10-11-17-18(12-14)39-24-21(17)25(33)31(16-8-6-5-7-9-16)28(30-24)38-13-19(32)29-23-20(26(34)36-3)15(2)22(40-23)27(35)37-4/h5-9,14H,10-13H2,1-4H3,(H,29,32). The molecule has 208 valence electrons. The number of fused-ring (bicyclic) bond motifs is 3. The Bertz CT molecular complexity index is 1690. The number of anilines is 1. The average Bonchev–Trinajstić information content (AvgIpc) is 3.47. The van der Waals surface area contributed by atoms with Crippen LogP contribution in [0.2, 0.25) is 0 Å². The summed E-state index contributed by atoms with van der Waals surface area (Å²) in [4.78, 5) is 58.6. The monoisotopic (exact) mass is 597 g/mol. The minimum absolute atomic E-state index is 0.0853. The number of aromatic nitrogens is 2. The molecule has 0 saturated carbocycles. The fraction of sp³-hybridized carbons (Fsp3) is 0.321. The van der Waals surface area contributed by atoms with Gasteiger partial charge >= 0.3 is 11.9 Å². The Kier molecular flexibility index (Phi) is 8.11. The summed E-state index contributed by atoms with van der Waals surface area (Å²) < 4.78 is 11.2. The molecule has 9 nitrogen and oxygen atoms in total. The lowest BCUT2D eigenvalue weighted by Crippen LogP contribution is -2.23. The third-order valence-electron chi connectivity index (χ3n) is 6.81. The van der Waals surface area contributed by atoms with E-state index in [9.17, 15) is 19.2 Å². The molecule has 1 aliphatic carbocycles. The molecule has 0 saturated heterocycles. The zero-order valence-electron chi connectivity index (χ0n) is 22.4. The largest absolute Gasteiger partial charge is 0.465 e. The summed E-state index contributed by atoms with van der Waals surface area (Å²) in [6.45, 7) is 3.82. The van der Waals surface area contributed by atoms with Crippen LogP contribution in [-0.4, -0.2) is 47.4 Å². The number of carbonyl (C=O) groups excluding carboxylic acids is 3. The number of hydrogen-bond donors (Lipinski definition) is 1. The smallest absolute Gasteiger partial charge is 0.348 e. The highest BCUT2D eigenvalue weighted by atomic mass is 32.2. The lowest BCUT2D eigenvalue weighted by Gasteiger charge is -2.17. The van der Waals surface area contributed by atoms with E-state index in [1.54, 1.807) is 22.8 Å². The van der Waals surface area contributed by atoms with Crippen molar-refractivity contribution in [2.24, 2.45) is 5.92 Å². The van der Waals surface area contributed by atoms with Crippen molar-refractivity contribution in [1.29, 1.82) is 0 Å². The van der Waals surface area contributed by atoms with Gasteiger partial charge in [-0.1, -0.05) is 36.9 Å². The van der Waals surface area contributed by atoms with Gasteiger partial charge in [0.05, 0.1) is 36.6 Å². The van der Waals surface area contributed by atoms with Crippen LogP contribution in [0.4, 0.5) is 5.00 Å². The number of thiophene rings is 2. The Hall–Kier alpha value is -3.48. The Balaban J connectivity index is 1.48. The van der Waals surface area contributed by atoms with Crippen molar-refractivity contribution in [3.05, 3.63) is 67.1 Å². The summed E-state index contributed by atoms with van der Waals surface area (Å²) in [6.07, 6.45) is 2.82. The predicted molar refractivity (Wildman–Crippen MR) is 157 cm³/mol. The van der Waals surface area contributed by atoms with Crippen LogP contribution >= 0.6 is 34.4 Å².